The van der Waals surface area contributed by atoms with Crippen LogP contribution >= 0.6 is 0 Å². The van der Waals surface area contributed by atoms with Gasteiger partial charge in [-0.05, 0) is 81.3 Å². The Morgan fingerprint density at radius 3 is 2.29 bits per heavy atom. The molecule has 4 aliphatic carbocycles. The number of hydrogen-bond donors (Lipinski definition) is 2. The van der Waals surface area contributed by atoms with E-state index in [9.17, 15) is 24.6 Å². The molecule has 8 unspecified atom stereocenters. The number of aromatic nitrogens is 1. The second-order valence-corrected chi connectivity index (χ2v) is 13.4. The first-order valence-corrected chi connectivity index (χ1v) is 16.4. The van der Waals surface area contributed by atoms with Crippen LogP contribution < -0.4 is 10.4 Å². The summed E-state index contributed by atoms with van der Waals surface area (Å²) in [5, 5.41) is 23.2. The molecule has 0 aromatic carbocycles. The van der Waals surface area contributed by atoms with Crippen LogP contribution in [0.1, 0.15) is 91.2 Å². The smallest absolute Gasteiger partial charge is 0.345 e. The van der Waals surface area contributed by atoms with Gasteiger partial charge in [0.1, 0.15) is 28.8 Å². The highest BCUT2D eigenvalue weighted by Gasteiger charge is 2.66. The zero-order valence-electron chi connectivity index (χ0n) is 27.2. The lowest BCUT2D eigenvalue weighted by Gasteiger charge is -2.63. The summed E-state index contributed by atoms with van der Waals surface area (Å²) < 4.78 is 22.4. The van der Waals surface area contributed by atoms with Crippen LogP contribution in [-0.4, -0.2) is 52.1 Å². The van der Waals surface area contributed by atoms with Crippen molar-refractivity contribution >= 4 is 11.9 Å². The molecule has 2 aromatic heterocycles. The molecular weight excluding hydrogens is 578 g/mol. The third-order valence-corrected chi connectivity index (χ3v) is 10.6. The average molecular weight is 626 g/mol. The minimum atomic E-state index is -1.17. The second kappa shape index (κ2) is 12.9. The van der Waals surface area contributed by atoms with Crippen LogP contribution in [0.5, 0.6) is 5.75 Å². The summed E-state index contributed by atoms with van der Waals surface area (Å²) in [4.78, 5) is 40.0. The van der Waals surface area contributed by atoms with Gasteiger partial charge < -0.3 is 28.8 Å². The Labute approximate surface area is 264 Å². The minimum Gasteiger partial charge on any atom is -0.484 e. The van der Waals surface area contributed by atoms with Crippen LogP contribution in [0.15, 0.2) is 39.8 Å². The molecule has 10 nitrogen and oxygen atoms in total. The Bertz CT molecular complexity index is 1430. The molecule has 10 heteroatoms. The van der Waals surface area contributed by atoms with Gasteiger partial charge in [-0.3, -0.25) is 14.6 Å². The highest BCUT2D eigenvalue weighted by Crippen LogP contribution is 2.64. The molecule has 246 valence electrons. The molecule has 2 N–H and O–H groups in total. The molecule has 3 heterocycles. The lowest BCUT2D eigenvalue weighted by molar-refractivity contribution is -0.244. The number of carbonyl (C=O) groups is 2. The van der Waals surface area contributed by atoms with Crippen molar-refractivity contribution in [1.82, 2.24) is 4.98 Å². The molecule has 7 rings (SSSR count). The van der Waals surface area contributed by atoms with Gasteiger partial charge in [-0.1, -0.05) is 27.7 Å². The van der Waals surface area contributed by atoms with E-state index in [1.165, 1.54) is 7.11 Å². The maximum absolute atomic E-state index is 13.2. The normalized spacial score (nSPS) is 34.5. The Balaban J connectivity index is 0.000000389. The summed E-state index contributed by atoms with van der Waals surface area (Å²) >= 11 is 0. The first-order valence-electron chi connectivity index (χ1n) is 16.4. The summed E-state index contributed by atoms with van der Waals surface area (Å²) in [5.41, 5.74) is -1.49. The van der Waals surface area contributed by atoms with Crippen molar-refractivity contribution in [2.75, 3.05) is 7.11 Å². The number of esters is 2. The largest absolute Gasteiger partial charge is 0.484 e. The Morgan fingerprint density at radius 2 is 1.71 bits per heavy atom. The highest BCUT2D eigenvalue weighted by molar-refractivity contribution is 5.75. The van der Waals surface area contributed by atoms with Crippen molar-refractivity contribution in [3.8, 4) is 17.1 Å². The van der Waals surface area contributed by atoms with Gasteiger partial charge >= 0.3 is 17.6 Å². The Kier molecular flexibility index (Phi) is 9.48. The number of ether oxygens (including phenoxy) is 3. The van der Waals surface area contributed by atoms with Crippen molar-refractivity contribution in [3.05, 3.63) is 46.6 Å². The molecule has 1 aliphatic heterocycles. The quantitative estimate of drug-likeness (QED) is 0.433. The summed E-state index contributed by atoms with van der Waals surface area (Å²) in [7, 11) is 1.43. The van der Waals surface area contributed by atoms with Crippen LogP contribution in [0.25, 0.3) is 11.3 Å². The van der Waals surface area contributed by atoms with Gasteiger partial charge in [0.15, 0.2) is 0 Å². The molecule has 0 saturated heterocycles. The topological polar surface area (TPSA) is 145 Å². The highest BCUT2D eigenvalue weighted by atomic mass is 16.5. The van der Waals surface area contributed by atoms with Crippen molar-refractivity contribution in [2.45, 2.75) is 103 Å². The van der Waals surface area contributed by atoms with Crippen LogP contribution in [0.4, 0.5) is 0 Å². The lowest BCUT2D eigenvalue weighted by atomic mass is 9.46. The van der Waals surface area contributed by atoms with Gasteiger partial charge in [-0.15, -0.1) is 0 Å². The molecular formula is C35H47NO9. The number of carbonyl (C=O) groups excluding carboxylic acids is 2. The third kappa shape index (κ3) is 6.15. The number of rotatable bonds is 4. The van der Waals surface area contributed by atoms with E-state index in [-0.39, 0.29) is 53.0 Å². The number of nitrogens with zero attached hydrogens (tertiary/aromatic N) is 1. The molecule has 5 aliphatic rings. The standard InChI is InChI=1S/C28H33NO7.C5H8O2.C2H6/c1-14-17-11-21(30)28(3)24(27(17,2)9-8-18(14)34-25(32)15-6-7-15)23(31)22-20(36-28)12-19(35-26(22)33)16-5-4-10-29-13-16;1-7-5(6)4-2-3-4;1-2/h4-5,10,12-15,17-18,21,23-24,30-31H,6-9,11H2,1-3H3;4H,2-3H2,1H3;1-2H3. The first-order chi connectivity index (χ1) is 21.5. The van der Waals surface area contributed by atoms with Gasteiger partial charge in [0, 0.05) is 29.9 Å². The number of hydrogen-bond acceptors (Lipinski definition) is 10. The average Bonchev–Trinajstić information content (AvgIpc) is 3.94. The zero-order valence-corrected chi connectivity index (χ0v) is 27.2. The van der Waals surface area contributed by atoms with Crippen LogP contribution in [0.2, 0.25) is 0 Å². The fourth-order valence-corrected chi connectivity index (χ4v) is 7.88. The van der Waals surface area contributed by atoms with Crippen molar-refractivity contribution in [3.63, 3.8) is 0 Å². The van der Waals surface area contributed by atoms with Gasteiger partial charge in [0.25, 0.3) is 0 Å². The van der Waals surface area contributed by atoms with E-state index in [1.54, 1.807) is 30.6 Å². The summed E-state index contributed by atoms with van der Waals surface area (Å²) in [6.45, 7) is 10.0. The zero-order chi connectivity index (χ0) is 32.7. The second-order valence-electron chi connectivity index (χ2n) is 13.4. The summed E-state index contributed by atoms with van der Waals surface area (Å²) in [6.07, 6.45) is 6.64. The van der Waals surface area contributed by atoms with E-state index < -0.39 is 34.8 Å². The molecule has 0 radical (unpaired) electrons. The molecule has 8 atom stereocenters. The van der Waals surface area contributed by atoms with E-state index in [4.69, 9.17) is 13.9 Å². The SMILES string of the molecule is CC.CC1C(OC(=O)C2CC2)CCC2(C)C1CC(O)C1(C)Oc3cc(-c4cccnc4)oc(=O)c3C(O)C21.COC(=O)C1CC1. The van der Waals surface area contributed by atoms with E-state index in [1.807, 2.05) is 20.8 Å². The number of aliphatic hydroxyl groups is 2. The van der Waals surface area contributed by atoms with Crippen molar-refractivity contribution < 1.29 is 38.4 Å². The molecule has 0 bridgehead atoms. The van der Waals surface area contributed by atoms with Gasteiger partial charge in [0.2, 0.25) is 0 Å². The summed E-state index contributed by atoms with van der Waals surface area (Å²) in [6, 6.07) is 5.13. The fraction of sp³-hybridized carbons (Fsp3) is 0.657. The number of methoxy groups -OCH3 is 1. The van der Waals surface area contributed by atoms with E-state index in [2.05, 4.69) is 23.6 Å². The third-order valence-electron chi connectivity index (χ3n) is 10.6. The molecule has 2 aromatic rings. The number of pyridine rings is 1. The predicted molar refractivity (Wildman–Crippen MR) is 165 cm³/mol. The molecule has 0 amide bonds. The predicted octanol–water partition coefficient (Wildman–Crippen LogP) is 5.24. The fourth-order valence-electron chi connectivity index (χ4n) is 7.88. The van der Waals surface area contributed by atoms with E-state index in [0.717, 1.165) is 25.7 Å². The van der Waals surface area contributed by atoms with Crippen LogP contribution in [0, 0.1) is 35.0 Å². The maximum atomic E-state index is 13.2. The molecule has 45 heavy (non-hydrogen) atoms. The van der Waals surface area contributed by atoms with E-state index >= 15 is 0 Å². The number of aliphatic hydroxyl groups excluding tert-OH is 2. The van der Waals surface area contributed by atoms with Gasteiger partial charge in [0.05, 0.1) is 31.2 Å². The monoisotopic (exact) mass is 625 g/mol. The molecule has 0 spiro atoms. The van der Waals surface area contributed by atoms with Crippen LogP contribution in [-0.2, 0) is 19.1 Å². The molecule has 4 saturated carbocycles. The van der Waals surface area contributed by atoms with E-state index in [0.29, 0.717) is 30.6 Å². The Morgan fingerprint density at radius 1 is 1.04 bits per heavy atom. The number of fused-ring (bicyclic) bond motifs is 4. The van der Waals surface area contributed by atoms with Gasteiger partial charge in [-0.25, -0.2) is 4.79 Å². The van der Waals surface area contributed by atoms with Crippen LogP contribution in [0.3, 0.4) is 0 Å². The van der Waals surface area contributed by atoms with Crippen molar-refractivity contribution in [2.24, 2.45) is 35.0 Å². The first kappa shape index (κ1) is 33.1. The Hall–Kier alpha value is -3.24. The lowest BCUT2D eigenvalue weighted by Crippen LogP contribution is -2.68. The van der Waals surface area contributed by atoms with Gasteiger partial charge in [-0.2, -0.15) is 0 Å². The van der Waals surface area contributed by atoms with Crippen molar-refractivity contribution in [1.29, 1.82) is 0 Å². The molecule has 4 fully saturated rings. The minimum absolute atomic E-state index is 0.00335. The summed E-state index contributed by atoms with van der Waals surface area (Å²) in [5.74, 6) is 0.104. The maximum Gasteiger partial charge on any atom is 0.345 e.